The minimum atomic E-state index is -0.336. The van der Waals surface area contributed by atoms with Crippen molar-refractivity contribution in [1.29, 1.82) is 5.26 Å². The predicted octanol–water partition coefficient (Wildman–Crippen LogP) is 2.12. The van der Waals surface area contributed by atoms with Crippen LogP contribution in [0.15, 0.2) is 29.7 Å². The second-order valence-electron chi connectivity index (χ2n) is 3.37. The molecule has 0 bridgehead atoms. The summed E-state index contributed by atoms with van der Waals surface area (Å²) in [5, 5.41) is 13.6. The molecule has 0 aliphatic carbocycles. The smallest absolute Gasteiger partial charge is 0.186 e. The maximum Gasteiger partial charge on any atom is 0.186 e. The van der Waals surface area contributed by atoms with Crippen LogP contribution < -0.4 is 0 Å². The Balaban J connectivity index is 2.17. The Labute approximate surface area is 102 Å². The van der Waals surface area contributed by atoms with Crippen LogP contribution in [0.5, 0.6) is 0 Å². The summed E-state index contributed by atoms with van der Waals surface area (Å²) < 4.78 is 14.7. The molecule has 86 valence electrons. The Hall–Kier alpha value is -1.87. The number of benzene rings is 1. The fraction of sp³-hybridized carbons (Fsp3) is 0.182. The Morgan fingerprint density at radius 2 is 2.35 bits per heavy atom. The zero-order valence-corrected chi connectivity index (χ0v) is 9.91. The molecule has 0 aliphatic heterocycles. The minimum Gasteiger partial charge on any atom is -0.244 e. The number of nitrogens with zero attached hydrogens (tertiary/aromatic N) is 4. The van der Waals surface area contributed by atoms with Gasteiger partial charge in [-0.1, -0.05) is 11.8 Å². The predicted molar refractivity (Wildman–Crippen MR) is 61.7 cm³/mol. The molecule has 0 spiro atoms. The number of nitriles is 1. The standard InChI is InChI=1S/C11H9FN4S/c1-16-11(14-7-15-16)17-6-9-4-10(12)3-2-8(9)5-13/h2-4,7H,6H2,1H3. The van der Waals surface area contributed by atoms with Crippen molar-refractivity contribution in [3.8, 4) is 6.07 Å². The van der Waals surface area contributed by atoms with E-state index in [0.717, 1.165) is 5.16 Å². The van der Waals surface area contributed by atoms with Crippen molar-refractivity contribution in [2.45, 2.75) is 10.9 Å². The first-order chi connectivity index (χ1) is 8.20. The van der Waals surface area contributed by atoms with E-state index in [1.54, 1.807) is 11.7 Å². The van der Waals surface area contributed by atoms with Crippen LogP contribution in [0.4, 0.5) is 4.39 Å². The van der Waals surface area contributed by atoms with Crippen LogP contribution >= 0.6 is 11.8 Å². The molecule has 0 unspecified atom stereocenters. The summed E-state index contributed by atoms with van der Waals surface area (Å²) >= 11 is 1.42. The lowest BCUT2D eigenvalue weighted by molar-refractivity contribution is 0.626. The molecular formula is C11H9FN4S. The molecular weight excluding hydrogens is 239 g/mol. The third-order valence-electron chi connectivity index (χ3n) is 2.21. The van der Waals surface area contributed by atoms with Crippen molar-refractivity contribution in [1.82, 2.24) is 14.8 Å². The van der Waals surface area contributed by atoms with E-state index in [4.69, 9.17) is 5.26 Å². The molecule has 1 aromatic carbocycles. The molecule has 0 atom stereocenters. The fourth-order valence-corrected chi connectivity index (χ4v) is 2.23. The van der Waals surface area contributed by atoms with Gasteiger partial charge in [0.1, 0.15) is 12.1 Å². The molecule has 1 aromatic heterocycles. The summed E-state index contributed by atoms with van der Waals surface area (Å²) in [5.74, 6) is 0.158. The van der Waals surface area contributed by atoms with E-state index < -0.39 is 0 Å². The van der Waals surface area contributed by atoms with Crippen molar-refractivity contribution in [3.63, 3.8) is 0 Å². The van der Waals surface area contributed by atoms with E-state index in [0.29, 0.717) is 16.9 Å². The third kappa shape index (κ3) is 2.63. The lowest BCUT2D eigenvalue weighted by Gasteiger charge is -2.03. The van der Waals surface area contributed by atoms with Crippen LogP contribution in [0, 0.1) is 17.1 Å². The normalized spacial score (nSPS) is 10.2. The molecule has 1 heterocycles. The van der Waals surface area contributed by atoms with E-state index in [1.807, 2.05) is 6.07 Å². The van der Waals surface area contributed by atoms with Gasteiger partial charge in [0.05, 0.1) is 11.6 Å². The highest BCUT2D eigenvalue weighted by Crippen LogP contribution is 2.22. The van der Waals surface area contributed by atoms with Gasteiger partial charge in [0, 0.05) is 12.8 Å². The number of aryl methyl sites for hydroxylation is 1. The third-order valence-corrected chi connectivity index (χ3v) is 3.30. The van der Waals surface area contributed by atoms with Crippen LogP contribution in [0.25, 0.3) is 0 Å². The van der Waals surface area contributed by atoms with E-state index in [-0.39, 0.29) is 5.82 Å². The molecule has 2 rings (SSSR count). The van der Waals surface area contributed by atoms with E-state index in [2.05, 4.69) is 10.1 Å². The first-order valence-corrected chi connectivity index (χ1v) is 5.84. The lowest BCUT2D eigenvalue weighted by Crippen LogP contribution is -1.94. The molecule has 0 N–H and O–H groups in total. The monoisotopic (exact) mass is 248 g/mol. The van der Waals surface area contributed by atoms with Gasteiger partial charge in [0.15, 0.2) is 5.16 Å². The van der Waals surface area contributed by atoms with Crippen LogP contribution in [0.1, 0.15) is 11.1 Å². The summed E-state index contributed by atoms with van der Waals surface area (Å²) in [6.45, 7) is 0. The average molecular weight is 248 g/mol. The zero-order valence-electron chi connectivity index (χ0n) is 9.09. The Morgan fingerprint density at radius 1 is 1.53 bits per heavy atom. The van der Waals surface area contributed by atoms with Crippen molar-refractivity contribution >= 4 is 11.8 Å². The van der Waals surface area contributed by atoms with Crippen LogP contribution in [-0.4, -0.2) is 14.8 Å². The summed E-state index contributed by atoms with van der Waals surface area (Å²) in [6, 6.07) is 6.20. The van der Waals surface area contributed by atoms with E-state index >= 15 is 0 Å². The summed E-state index contributed by atoms with van der Waals surface area (Å²) in [6.07, 6.45) is 1.46. The summed E-state index contributed by atoms with van der Waals surface area (Å²) in [7, 11) is 1.78. The number of hydrogen-bond acceptors (Lipinski definition) is 4. The lowest BCUT2D eigenvalue weighted by atomic mass is 10.1. The maximum atomic E-state index is 13.1. The van der Waals surface area contributed by atoms with Gasteiger partial charge in [0.25, 0.3) is 0 Å². The van der Waals surface area contributed by atoms with Gasteiger partial charge in [-0.3, -0.25) is 0 Å². The van der Waals surface area contributed by atoms with Crippen molar-refractivity contribution < 1.29 is 4.39 Å². The molecule has 17 heavy (non-hydrogen) atoms. The highest BCUT2D eigenvalue weighted by Gasteiger charge is 2.07. The van der Waals surface area contributed by atoms with Gasteiger partial charge in [-0.2, -0.15) is 10.4 Å². The van der Waals surface area contributed by atoms with Crippen molar-refractivity contribution in [2.75, 3.05) is 0 Å². The largest absolute Gasteiger partial charge is 0.244 e. The molecule has 0 saturated carbocycles. The maximum absolute atomic E-state index is 13.1. The average Bonchev–Trinajstić information content (AvgIpc) is 2.72. The molecule has 2 aromatic rings. The SMILES string of the molecule is Cn1ncnc1SCc1cc(F)ccc1C#N. The van der Waals surface area contributed by atoms with Crippen LogP contribution in [-0.2, 0) is 12.8 Å². The molecule has 4 nitrogen and oxygen atoms in total. The van der Waals surface area contributed by atoms with Crippen LogP contribution in [0.2, 0.25) is 0 Å². The highest BCUT2D eigenvalue weighted by atomic mass is 32.2. The number of hydrogen-bond donors (Lipinski definition) is 0. The quantitative estimate of drug-likeness (QED) is 0.781. The molecule has 0 radical (unpaired) electrons. The van der Waals surface area contributed by atoms with Crippen molar-refractivity contribution in [2.24, 2.45) is 7.05 Å². The molecule has 0 saturated heterocycles. The fourth-order valence-electron chi connectivity index (χ4n) is 1.35. The molecule has 0 fully saturated rings. The van der Waals surface area contributed by atoms with Gasteiger partial charge in [-0.05, 0) is 23.8 Å². The van der Waals surface area contributed by atoms with Gasteiger partial charge >= 0.3 is 0 Å². The number of aromatic nitrogens is 3. The molecule has 0 aliphatic rings. The zero-order chi connectivity index (χ0) is 12.3. The molecule has 6 heteroatoms. The Bertz CT molecular complexity index is 573. The second-order valence-corrected chi connectivity index (χ2v) is 4.31. The highest BCUT2D eigenvalue weighted by molar-refractivity contribution is 7.98. The minimum absolute atomic E-state index is 0.336. The van der Waals surface area contributed by atoms with Gasteiger partial charge in [0.2, 0.25) is 0 Å². The van der Waals surface area contributed by atoms with Gasteiger partial charge < -0.3 is 0 Å². The first-order valence-electron chi connectivity index (χ1n) is 4.86. The number of thioether (sulfide) groups is 1. The Morgan fingerprint density at radius 3 is 3.00 bits per heavy atom. The first kappa shape index (κ1) is 11.6. The van der Waals surface area contributed by atoms with E-state index in [1.165, 1.54) is 36.3 Å². The van der Waals surface area contributed by atoms with Gasteiger partial charge in [-0.25, -0.2) is 14.1 Å². The van der Waals surface area contributed by atoms with Crippen LogP contribution in [0.3, 0.4) is 0 Å². The van der Waals surface area contributed by atoms with Gasteiger partial charge in [-0.15, -0.1) is 0 Å². The second kappa shape index (κ2) is 4.97. The van der Waals surface area contributed by atoms with E-state index in [9.17, 15) is 4.39 Å². The number of rotatable bonds is 3. The Kier molecular flexibility index (Phi) is 3.40. The summed E-state index contributed by atoms with van der Waals surface area (Å²) in [5.41, 5.74) is 1.15. The molecule has 0 amide bonds. The topological polar surface area (TPSA) is 54.5 Å². The number of halogens is 1. The van der Waals surface area contributed by atoms with Crippen molar-refractivity contribution in [3.05, 3.63) is 41.5 Å². The summed E-state index contributed by atoms with van der Waals surface area (Å²) in [4.78, 5) is 4.05.